The van der Waals surface area contributed by atoms with E-state index in [1.807, 2.05) is 0 Å². The summed E-state index contributed by atoms with van der Waals surface area (Å²) >= 11 is 5.98. The van der Waals surface area contributed by atoms with Crippen LogP contribution in [0.4, 0.5) is 13.2 Å². The van der Waals surface area contributed by atoms with Gasteiger partial charge in [-0.25, -0.2) is 0 Å². The number of halogens is 4. The molecule has 0 nitrogen and oxygen atoms in total. The van der Waals surface area contributed by atoms with Crippen molar-refractivity contribution >= 4 is 11.6 Å². The smallest absolute Gasteiger partial charge is 0.166 e. The molecular formula is C14H18ClF3. The zero-order valence-corrected chi connectivity index (χ0v) is 11.6. The van der Waals surface area contributed by atoms with E-state index in [0.29, 0.717) is 18.2 Å². The van der Waals surface area contributed by atoms with Crippen molar-refractivity contribution in [2.75, 3.05) is 5.88 Å². The second kappa shape index (κ2) is 5.52. The average Bonchev–Trinajstić information content (AvgIpc) is 2.28. The van der Waals surface area contributed by atoms with E-state index in [4.69, 9.17) is 11.6 Å². The molecule has 0 spiro atoms. The fraction of sp³-hybridized carbons (Fsp3) is 0.571. The highest BCUT2D eigenvalue weighted by molar-refractivity contribution is 6.18. The second-order valence-electron chi connectivity index (χ2n) is 5.31. The first kappa shape index (κ1) is 15.4. The lowest BCUT2D eigenvalue weighted by Crippen LogP contribution is -2.28. The van der Waals surface area contributed by atoms with Gasteiger partial charge in [-0.3, -0.25) is 0 Å². The van der Waals surface area contributed by atoms with Crippen molar-refractivity contribution in [2.24, 2.45) is 11.3 Å². The minimum Gasteiger partial charge on any atom is -0.166 e. The Morgan fingerprint density at radius 2 is 1.61 bits per heavy atom. The van der Waals surface area contributed by atoms with Gasteiger partial charge in [-0.1, -0.05) is 32.9 Å². The summed E-state index contributed by atoms with van der Waals surface area (Å²) in [6.45, 7) is 6.21. The highest BCUT2D eigenvalue weighted by Crippen LogP contribution is 2.34. The fourth-order valence-corrected chi connectivity index (χ4v) is 2.09. The maximum Gasteiger partial charge on any atom is 0.416 e. The van der Waals surface area contributed by atoms with Gasteiger partial charge in [0.1, 0.15) is 0 Å². The molecule has 0 amide bonds. The van der Waals surface area contributed by atoms with Gasteiger partial charge in [-0.2, -0.15) is 13.2 Å². The Balaban J connectivity index is 2.87. The van der Waals surface area contributed by atoms with E-state index in [-0.39, 0.29) is 5.41 Å². The Morgan fingerprint density at radius 1 is 1.11 bits per heavy atom. The van der Waals surface area contributed by atoms with Gasteiger partial charge >= 0.3 is 6.18 Å². The molecule has 102 valence electrons. The molecule has 0 aliphatic rings. The topological polar surface area (TPSA) is 0 Å². The zero-order valence-electron chi connectivity index (χ0n) is 10.8. The molecule has 0 fully saturated rings. The van der Waals surface area contributed by atoms with Crippen LogP contribution in [0.2, 0.25) is 0 Å². The molecule has 0 saturated heterocycles. The van der Waals surface area contributed by atoms with E-state index in [1.54, 1.807) is 0 Å². The van der Waals surface area contributed by atoms with Gasteiger partial charge in [0.05, 0.1) is 5.56 Å². The quantitative estimate of drug-likeness (QED) is 0.668. The molecule has 1 unspecified atom stereocenters. The maximum atomic E-state index is 12.4. The molecule has 0 aliphatic carbocycles. The fourth-order valence-electron chi connectivity index (χ4n) is 1.68. The van der Waals surface area contributed by atoms with E-state index in [1.165, 1.54) is 12.1 Å². The van der Waals surface area contributed by atoms with Crippen LogP contribution in [0.15, 0.2) is 24.3 Å². The summed E-state index contributed by atoms with van der Waals surface area (Å²) in [5.74, 6) is 0.864. The number of rotatable bonds is 4. The van der Waals surface area contributed by atoms with Gasteiger partial charge in [0, 0.05) is 5.88 Å². The Hall–Kier alpha value is -0.700. The van der Waals surface area contributed by atoms with Crippen molar-refractivity contribution < 1.29 is 13.2 Å². The molecule has 0 bridgehead atoms. The lowest BCUT2D eigenvalue weighted by atomic mass is 9.76. The highest BCUT2D eigenvalue weighted by Gasteiger charge is 2.31. The molecule has 0 radical (unpaired) electrons. The molecule has 0 heterocycles. The van der Waals surface area contributed by atoms with Crippen LogP contribution < -0.4 is 0 Å². The van der Waals surface area contributed by atoms with E-state index in [0.717, 1.165) is 17.7 Å². The first-order valence-corrected chi connectivity index (χ1v) is 6.44. The molecule has 0 aromatic heterocycles. The minimum absolute atomic E-state index is 0.0959. The third-order valence-corrected chi connectivity index (χ3v) is 4.20. The van der Waals surface area contributed by atoms with Crippen LogP contribution in [-0.2, 0) is 12.6 Å². The van der Waals surface area contributed by atoms with E-state index in [2.05, 4.69) is 20.8 Å². The van der Waals surface area contributed by atoms with Gasteiger partial charge in [0.15, 0.2) is 0 Å². The number of hydrogen-bond acceptors (Lipinski definition) is 0. The molecule has 4 heteroatoms. The summed E-state index contributed by atoms with van der Waals surface area (Å²) in [5, 5.41) is 0. The largest absolute Gasteiger partial charge is 0.416 e. The third kappa shape index (κ3) is 3.64. The summed E-state index contributed by atoms with van der Waals surface area (Å²) in [6, 6.07) is 5.33. The standard InChI is InChI=1S/C14H18ClF3/c1-10(2)13(3,9-15)8-11-4-6-12(7-5-11)14(16,17)18/h4-7,10H,8-9H2,1-3H3. The molecule has 18 heavy (non-hydrogen) atoms. The SMILES string of the molecule is CC(C)C(C)(CCl)Cc1ccc(C(F)(F)F)cc1. The van der Waals surface area contributed by atoms with Gasteiger partial charge in [-0.15, -0.1) is 11.6 Å². The molecular weight excluding hydrogens is 261 g/mol. The lowest BCUT2D eigenvalue weighted by Gasteiger charge is -2.31. The van der Waals surface area contributed by atoms with Crippen molar-refractivity contribution in [3.8, 4) is 0 Å². The van der Waals surface area contributed by atoms with Crippen molar-refractivity contribution in [3.63, 3.8) is 0 Å². The Bertz CT molecular complexity index is 381. The van der Waals surface area contributed by atoms with Crippen molar-refractivity contribution in [1.29, 1.82) is 0 Å². The van der Waals surface area contributed by atoms with Gasteiger partial charge in [0.25, 0.3) is 0 Å². The Morgan fingerprint density at radius 3 is 1.94 bits per heavy atom. The molecule has 0 saturated carbocycles. The Kier molecular flexibility index (Phi) is 4.71. The van der Waals surface area contributed by atoms with Crippen LogP contribution >= 0.6 is 11.6 Å². The maximum absolute atomic E-state index is 12.4. The van der Waals surface area contributed by atoms with Gasteiger partial charge < -0.3 is 0 Å². The van der Waals surface area contributed by atoms with Crippen LogP contribution in [0.1, 0.15) is 31.9 Å². The summed E-state index contributed by atoms with van der Waals surface area (Å²) in [4.78, 5) is 0. The van der Waals surface area contributed by atoms with Crippen LogP contribution in [0, 0.1) is 11.3 Å². The van der Waals surface area contributed by atoms with Gasteiger partial charge in [0.2, 0.25) is 0 Å². The van der Waals surface area contributed by atoms with Crippen LogP contribution in [0.25, 0.3) is 0 Å². The predicted molar refractivity (Wildman–Crippen MR) is 68.8 cm³/mol. The normalized spacial score (nSPS) is 15.8. The molecule has 0 N–H and O–H groups in total. The molecule has 1 rings (SSSR count). The second-order valence-corrected chi connectivity index (χ2v) is 5.58. The molecule has 1 aromatic rings. The number of hydrogen-bond donors (Lipinski definition) is 0. The van der Waals surface area contributed by atoms with Crippen LogP contribution in [0.5, 0.6) is 0 Å². The molecule has 1 atom stereocenters. The first-order chi connectivity index (χ1) is 8.19. The van der Waals surface area contributed by atoms with E-state index < -0.39 is 11.7 Å². The summed E-state index contributed by atoms with van der Waals surface area (Å²) < 4.78 is 37.3. The number of benzene rings is 1. The van der Waals surface area contributed by atoms with Crippen molar-refractivity contribution in [1.82, 2.24) is 0 Å². The molecule has 1 aromatic carbocycles. The van der Waals surface area contributed by atoms with Crippen molar-refractivity contribution in [2.45, 2.75) is 33.4 Å². The predicted octanol–water partition coefficient (Wildman–Crippen LogP) is 5.15. The first-order valence-electron chi connectivity index (χ1n) is 5.91. The molecule has 0 aliphatic heterocycles. The van der Waals surface area contributed by atoms with Gasteiger partial charge in [-0.05, 0) is 35.4 Å². The van der Waals surface area contributed by atoms with Crippen LogP contribution in [-0.4, -0.2) is 5.88 Å². The highest BCUT2D eigenvalue weighted by atomic mass is 35.5. The summed E-state index contributed by atoms with van der Waals surface area (Å²) in [7, 11) is 0. The Labute approximate surface area is 111 Å². The van der Waals surface area contributed by atoms with Crippen LogP contribution in [0.3, 0.4) is 0 Å². The summed E-state index contributed by atoms with van der Waals surface area (Å²) in [6.07, 6.45) is -3.58. The monoisotopic (exact) mass is 278 g/mol. The van der Waals surface area contributed by atoms with E-state index in [9.17, 15) is 13.2 Å². The lowest BCUT2D eigenvalue weighted by molar-refractivity contribution is -0.137. The zero-order chi connectivity index (χ0) is 14.0. The third-order valence-electron chi connectivity index (χ3n) is 3.59. The minimum atomic E-state index is -4.27. The van der Waals surface area contributed by atoms with Crippen molar-refractivity contribution in [3.05, 3.63) is 35.4 Å². The summed E-state index contributed by atoms with van der Waals surface area (Å²) in [5.41, 5.74) is 0.185. The average molecular weight is 279 g/mol. The number of alkyl halides is 4. The van der Waals surface area contributed by atoms with E-state index >= 15 is 0 Å².